The molecule has 0 unspecified atom stereocenters. The topological polar surface area (TPSA) is 36.5 Å². The number of hydrogen-bond donors (Lipinski definition) is 2. The van der Waals surface area contributed by atoms with Crippen LogP contribution >= 0.6 is 12.2 Å². The Bertz CT molecular complexity index is 275. The van der Waals surface area contributed by atoms with Crippen molar-refractivity contribution in [2.45, 2.75) is 12.8 Å². The minimum atomic E-state index is 0.786. The van der Waals surface area contributed by atoms with Gasteiger partial charge in [-0.25, -0.2) is 0 Å². The van der Waals surface area contributed by atoms with Crippen molar-refractivity contribution >= 4 is 17.3 Å². The fourth-order valence-corrected chi connectivity index (χ4v) is 2.35. The lowest BCUT2D eigenvalue weighted by Gasteiger charge is -2.26. The summed E-state index contributed by atoms with van der Waals surface area (Å²) in [5.41, 5.74) is 0. The molecule has 0 saturated carbocycles. The van der Waals surface area contributed by atoms with Gasteiger partial charge in [-0.15, -0.1) is 0 Å². The molecule has 1 aliphatic heterocycles. The first-order valence-electron chi connectivity index (χ1n) is 7.60. The maximum Gasteiger partial charge on any atom is 0.166 e. The van der Waals surface area contributed by atoms with Crippen molar-refractivity contribution in [2.75, 3.05) is 73.6 Å². The second-order valence-corrected chi connectivity index (χ2v) is 6.77. The van der Waals surface area contributed by atoms with Gasteiger partial charge in [-0.1, -0.05) is 0 Å². The summed E-state index contributed by atoms with van der Waals surface area (Å²) in [4.78, 5) is 2.45. The number of rotatable bonds is 8. The van der Waals surface area contributed by atoms with Gasteiger partial charge in [-0.2, -0.15) is 0 Å². The summed E-state index contributed by atoms with van der Waals surface area (Å²) in [5, 5.41) is 7.33. The fraction of sp³-hybridized carbons (Fsp3) is 0.929. The van der Waals surface area contributed by atoms with E-state index >= 15 is 0 Å². The van der Waals surface area contributed by atoms with E-state index in [1.807, 2.05) is 0 Å². The molecule has 1 fully saturated rings. The van der Waals surface area contributed by atoms with E-state index in [0.717, 1.165) is 74.9 Å². The number of nitrogens with zero attached hydrogens (tertiary/aromatic N) is 2. The van der Waals surface area contributed by atoms with Crippen LogP contribution in [-0.2, 0) is 4.74 Å². The zero-order valence-corrected chi connectivity index (χ0v) is 14.1. The molecule has 20 heavy (non-hydrogen) atoms. The molecular formula is C14H31N4OS+. The van der Waals surface area contributed by atoms with Crippen molar-refractivity contribution in [3.05, 3.63) is 0 Å². The average molecular weight is 303 g/mol. The number of thiocarbonyl (C=S) groups is 1. The van der Waals surface area contributed by atoms with Crippen LogP contribution in [-0.4, -0.2) is 88.1 Å². The third-order valence-corrected chi connectivity index (χ3v) is 3.62. The summed E-state index contributed by atoms with van der Waals surface area (Å²) >= 11 is 5.27. The maximum absolute atomic E-state index is 5.33. The Morgan fingerprint density at radius 2 is 1.70 bits per heavy atom. The lowest BCUT2D eigenvalue weighted by Crippen LogP contribution is -2.41. The van der Waals surface area contributed by atoms with E-state index in [1.165, 1.54) is 0 Å². The molecule has 0 bridgehead atoms. The summed E-state index contributed by atoms with van der Waals surface area (Å²) in [6.07, 6.45) is 2.26. The minimum absolute atomic E-state index is 0.786. The molecule has 0 amide bonds. The lowest BCUT2D eigenvalue weighted by molar-refractivity contribution is -0.870. The second kappa shape index (κ2) is 9.50. The van der Waals surface area contributed by atoms with Gasteiger partial charge in [-0.05, 0) is 25.2 Å². The van der Waals surface area contributed by atoms with Crippen molar-refractivity contribution in [1.82, 2.24) is 15.5 Å². The van der Waals surface area contributed by atoms with E-state index in [-0.39, 0.29) is 0 Å². The standard InChI is InChI=1S/C14H30N4OS/c1-18(2,3)11-5-7-16-14(20)15-6-4-8-17-9-12-19-13-10-17/h4-13H2,1-3H3,(H-,15,16,20)/p+1. The highest BCUT2D eigenvalue weighted by molar-refractivity contribution is 7.80. The Morgan fingerprint density at radius 3 is 2.30 bits per heavy atom. The zero-order valence-electron chi connectivity index (χ0n) is 13.3. The molecule has 0 radical (unpaired) electrons. The summed E-state index contributed by atoms with van der Waals surface area (Å²) in [7, 11) is 6.63. The highest BCUT2D eigenvalue weighted by atomic mass is 32.1. The summed E-state index contributed by atoms with van der Waals surface area (Å²) in [6.45, 7) is 8.05. The highest BCUT2D eigenvalue weighted by Crippen LogP contribution is 1.97. The summed E-state index contributed by atoms with van der Waals surface area (Å²) < 4.78 is 6.34. The third kappa shape index (κ3) is 9.47. The number of nitrogens with one attached hydrogen (secondary N) is 2. The van der Waals surface area contributed by atoms with Gasteiger partial charge in [0.15, 0.2) is 5.11 Å². The Hall–Kier alpha value is -0.430. The van der Waals surface area contributed by atoms with Gasteiger partial charge in [0.25, 0.3) is 0 Å². The molecule has 0 aromatic carbocycles. The first-order chi connectivity index (χ1) is 9.47. The molecule has 1 aliphatic rings. The first-order valence-corrected chi connectivity index (χ1v) is 8.00. The van der Waals surface area contributed by atoms with E-state index in [4.69, 9.17) is 17.0 Å². The molecule has 118 valence electrons. The molecule has 0 aromatic heterocycles. The van der Waals surface area contributed by atoms with E-state index in [0.29, 0.717) is 0 Å². The molecule has 1 saturated heterocycles. The maximum atomic E-state index is 5.33. The summed E-state index contributed by atoms with van der Waals surface area (Å²) in [6, 6.07) is 0. The lowest BCUT2D eigenvalue weighted by atomic mass is 10.3. The van der Waals surface area contributed by atoms with Crippen LogP contribution in [0.5, 0.6) is 0 Å². The predicted molar refractivity (Wildman–Crippen MR) is 88.0 cm³/mol. The Balaban J connectivity index is 1.92. The third-order valence-electron chi connectivity index (χ3n) is 3.33. The molecule has 5 nitrogen and oxygen atoms in total. The molecule has 1 heterocycles. The highest BCUT2D eigenvalue weighted by Gasteiger charge is 2.09. The molecule has 6 heteroatoms. The number of morpholine rings is 1. The SMILES string of the molecule is C[N+](C)(C)CCCNC(=S)NCCCN1CCOCC1. The minimum Gasteiger partial charge on any atom is -0.379 e. The average Bonchev–Trinajstić information content (AvgIpc) is 2.40. The van der Waals surface area contributed by atoms with Crippen molar-refractivity contribution in [3.63, 3.8) is 0 Å². The van der Waals surface area contributed by atoms with E-state index in [1.54, 1.807) is 0 Å². The second-order valence-electron chi connectivity index (χ2n) is 6.36. The monoisotopic (exact) mass is 303 g/mol. The van der Waals surface area contributed by atoms with Gasteiger partial charge in [0.2, 0.25) is 0 Å². The van der Waals surface area contributed by atoms with Gasteiger partial charge in [0.1, 0.15) is 0 Å². The normalized spacial score (nSPS) is 16.9. The van der Waals surface area contributed by atoms with Crippen LogP contribution in [0.1, 0.15) is 12.8 Å². The molecule has 1 rings (SSSR count). The molecule has 0 atom stereocenters. The fourth-order valence-electron chi connectivity index (χ4n) is 2.15. The van der Waals surface area contributed by atoms with Crippen molar-refractivity contribution < 1.29 is 9.22 Å². The first kappa shape index (κ1) is 17.6. The van der Waals surface area contributed by atoms with Gasteiger partial charge in [0, 0.05) is 32.6 Å². The van der Waals surface area contributed by atoms with Crippen LogP contribution in [0.2, 0.25) is 0 Å². The van der Waals surface area contributed by atoms with E-state index in [9.17, 15) is 0 Å². The van der Waals surface area contributed by atoms with Crippen LogP contribution in [0.4, 0.5) is 0 Å². The number of quaternary nitrogens is 1. The van der Waals surface area contributed by atoms with Crippen molar-refractivity contribution in [3.8, 4) is 0 Å². The molecule has 2 N–H and O–H groups in total. The van der Waals surface area contributed by atoms with E-state index < -0.39 is 0 Å². The van der Waals surface area contributed by atoms with E-state index in [2.05, 4.69) is 36.7 Å². The Kier molecular flexibility index (Phi) is 8.37. The smallest absolute Gasteiger partial charge is 0.166 e. The molecular weight excluding hydrogens is 272 g/mol. The Morgan fingerprint density at radius 1 is 1.10 bits per heavy atom. The van der Waals surface area contributed by atoms with Gasteiger partial charge in [0.05, 0.1) is 40.9 Å². The molecule has 0 spiro atoms. The van der Waals surface area contributed by atoms with Gasteiger partial charge >= 0.3 is 0 Å². The number of hydrogen-bond acceptors (Lipinski definition) is 3. The van der Waals surface area contributed by atoms with Crippen LogP contribution < -0.4 is 10.6 Å². The Labute approximate surface area is 129 Å². The largest absolute Gasteiger partial charge is 0.379 e. The molecule has 0 aliphatic carbocycles. The quantitative estimate of drug-likeness (QED) is 0.382. The van der Waals surface area contributed by atoms with Crippen LogP contribution in [0, 0.1) is 0 Å². The number of ether oxygens (including phenoxy) is 1. The zero-order chi connectivity index (χ0) is 14.8. The predicted octanol–water partition coefficient (Wildman–Crippen LogP) is 0.269. The van der Waals surface area contributed by atoms with Crippen molar-refractivity contribution in [1.29, 1.82) is 0 Å². The molecule has 0 aromatic rings. The summed E-state index contributed by atoms with van der Waals surface area (Å²) in [5.74, 6) is 0. The van der Waals surface area contributed by atoms with Crippen LogP contribution in [0.15, 0.2) is 0 Å². The van der Waals surface area contributed by atoms with Crippen LogP contribution in [0.25, 0.3) is 0 Å². The van der Waals surface area contributed by atoms with Gasteiger partial charge in [-0.3, -0.25) is 4.90 Å². The van der Waals surface area contributed by atoms with Gasteiger partial charge < -0.3 is 19.9 Å². The van der Waals surface area contributed by atoms with Crippen LogP contribution in [0.3, 0.4) is 0 Å². The van der Waals surface area contributed by atoms with Crippen molar-refractivity contribution in [2.24, 2.45) is 0 Å².